The van der Waals surface area contributed by atoms with Crippen molar-refractivity contribution < 1.29 is 14.3 Å². The highest BCUT2D eigenvalue weighted by Crippen LogP contribution is 2.13. The van der Waals surface area contributed by atoms with Gasteiger partial charge < -0.3 is 15.8 Å². The van der Waals surface area contributed by atoms with E-state index in [4.69, 9.17) is 10.5 Å². The van der Waals surface area contributed by atoms with E-state index in [-0.39, 0.29) is 11.8 Å². The molecule has 0 unspecified atom stereocenters. The molecule has 1 fully saturated rings. The highest BCUT2D eigenvalue weighted by Gasteiger charge is 2.27. The Bertz CT molecular complexity index is 496. The lowest BCUT2D eigenvalue weighted by atomic mass is 10.0. The Balaban J connectivity index is 2.00. The lowest BCUT2D eigenvalue weighted by Gasteiger charge is -2.18. The third-order valence-electron chi connectivity index (χ3n) is 3.48. The Morgan fingerprint density at radius 3 is 2.90 bits per heavy atom. The van der Waals surface area contributed by atoms with Crippen molar-refractivity contribution in [3.8, 4) is 0 Å². The van der Waals surface area contributed by atoms with E-state index in [1.54, 1.807) is 0 Å². The van der Waals surface area contributed by atoms with Crippen LogP contribution >= 0.6 is 0 Å². The zero-order valence-electron chi connectivity index (χ0n) is 11.6. The van der Waals surface area contributed by atoms with Gasteiger partial charge in [0.2, 0.25) is 11.8 Å². The molecule has 0 spiro atoms. The van der Waals surface area contributed by atoms with Crippen molar-refractivity contribution >= 4 is 11.8 Å². The lowest BCUT2D eigenvalue weighted by molar-refractivity contribution is -0.129. The van der Waals surface area contributed by atoms with Crippen LogP contribution in [0.15, 0.2) is 24.3 Å². The molecule has 108 valence electrons. The summed E-state index contributed by atoms with van der Waals surface area (Å²) >= 11 is 0. The molecular weight excluding hydrogens is 256 g/mol. The molecule has 3 N–H and O–H groups in total. The van der Waals surface area contributed by atoms with Crippen molar-refractivity contribution in [1.82, 2.24) is 5.32 Å². The minimum absolute atomic E-state index is 0.154. The van der Waals surface area contributed by atoms with E-state index in [1.807, 2.05) is 31.2 Å². The van der Waals surface area contributed by atoms with Gasteiger partial charge in [-0.3, -0.25) is 9.59 Å². The van der Waals surface area contributed by atoms with Crippen molar-refractivity contribution in [3.63, 3.8) is 0 Å². The van der Waals surface area contributed by atoms with Crippen LogP contribution in [-0.4, -0.2) is 31.1 Å². The average molecular weight is 276 g/mol. The Hall–Kier alpha value is -1.88. The summed E-state index contributed by atoms with van der Waals surface area (Å²) in [5.41, 5.74) is 7.48. The van der Waals surface area contributed by atoms with Gasteiger partial charge in [0, 0.05) is 13.0 Å². The number of primary amides is 1. The molecule has 2 atom stereocenters. The Morgan fingerprint density at radius 1 is 1.50 bits per heavy atom. The van der Waals surface area contributed by atoms with Gasteiger partial charge in [0.1, 0.15) is 6.04 Å². The van der Waals surface area contributed by atoms with Crippen molar-refractivity contribution in [3.05, 3.63) is 35.4 Å². The van der Waals surface area contributed by atoms with Gasteiger partial charge in [-0.1, -0.05) is 29.8 Å². The minimum Gasteiger partial charge on any atom is -0.381 e. The quantitative estimate of drug-likeness (QED) is 0.823. The van der Waals surface area contributed by atoms with Crippen LogP contribution in [0.5, 0.6) is 0 Å². The fourth-order valence-corrected chi connectivity index (χ4v) is 2.33. The zero-order valence-corrected chi connectivity index (χ0v) is 11.6. The van der Waals surface area contributed by atoms with Gasteiger partial charge in [0.05, 0.1) is 12.5 Å². The SMILES string of the molecule is Cc1cccc(C[C@H](NC(=O)[C@@H]2CCOC2)C(N)=O)c1. The fraction of sp³-hybridized carbons (Fsp3) is 0.467. The number of ether oxygens (including phenoxy) is 1. The molecule has 1 heterocycles. The maximum Gasteiger partial charge on any atom is 0.240 e. The molecule has 5 heteroatoms. The summed E-state index contributed by atoms with van der Waals surface area (Å²) in [6.07, 6.45) is 1.11. The van der Waals surface area contributed by atoms with E-state index < -0.39 is 11.9 Å². The number of carbonyl (C=O) groups is 2. The first kappa shape index (κ1) is 14.5. The second-order valence-electron chi connectivity index (χ2n) is 5.22. The topological polar surface area (TPSA) is 81.4 Å². The average Bonchev–Trinajstić information content (AvgIpc) is 2.91. The summed E-state index contributed by atoms with van der Waals surface area (Å²) in [4.78, 5) is 23.5. The van der Waals surface area contributed by atoms with Crippen LogP contribution in [-0.2, 0) is 20.7 Å². The van der Waals surface area contributed by atoms with Crippen molar-refractivity contribution in [2.45, 2.75) is 25.8 Å². The molecule has 0 aromatic heterocycles. The molecule has 1 aliphatic rings. The van der Waals surface area contributed by atoms with Crippen LogP contribution in [0, 0.1) is 12.8 Å². The summed E-state index contributed by atoms with van der Waals surface area (Å²) in [6.45, 7) is 3.00. The zero-order chi connectivity index (χ0) is 14.5. The van der Waals surface area contributed by atoms with E-state index in [1.165, 1.54) is 0 Å². The van der Waals surface area contributed by atoms with Gasteiger partial charge in [-0.25, -0.2) is 0 Å². The molecule has 1 aliphatic heterocycles. The minimum atomic E-state index is -0.676. The maximum absolute atomic E-state index is 12.0. The fourth-order valence-electron chi connectivity index (χ4n) is 2.33. The number of benzene rings is 1. The molecular formula is C15H20N2O3. The van der Waals surface area contributed by atoms with Gasteiger partial charge in [-0.05, 0) is 18.9 Å². The number of hydrogen-bond acceptors (Lipinski definition) is 3. The number of aryl methyl sites for hydroxylation is 1. The summed E-state index contributed by atoms with van der Waals surface area (Å²) in [6, 6.07) is 7.14. The van der Waals surface area contributed by atoms with E-state index in [2.05, 4.69) is 5.32 Å². The smallest absolute Gasteiger partial charge is 0.240 e. The van der Waals surface area contributed by atoms with Gasteiger partial charge in [0.15, 0.2) is 0 Å². The van der Waals surface area contributed by atoms with E-state index in [0.717, 1.165) is 11.1 Å². The van der Waals surface area contributed by atoms with Crippen LogP contribution in [0.3, 0.4) is 0 Å². The Labute approximate surface area is 118 Å². The van der Waals surface area contributed by atoms with Crippen LogP contribution in [0.2, 0.25) is 0 Å². The number of nitrogens with one attached hydrogen (secondary N) is 1. The number of rotatable bonds is 5. The highest BCUT2D eigenvalue weighted by atomic mass is 16.5. The van der Waals surface area contributed by atoms with Crippen molar-refractivity contribution in [2.75, 3.05) is 13.2 Å². The molecule has 2 rings (SSSR count). The number of hydrogen-bond donors (Lipinski definition) is 2. The van der Waals surface area contributed by atoms with Gasteiger partial charge in [-0.2, -0.15) is 0 Å². The lowest BCUT2D eigenvalue weighted by Crippen LogP contribution is -2.48. The van der Waals surface area contributed by atoms with Crippen molar-refractivity contribution in [1.29, 1.82) is 0 Å². The third-order valence-corrected chi connectivity index (χ3v) is 3.48. The van der Waals surface area contributed by atoms with Crippen LogP contribution in [0.4, 0.5) is 0 Å². The van der Waals surface area contributed by atoms with Crippen molar-refractivity contribution in [2.24, 2.45) is 11.7 Å². The summed E-state index contributed by atoms with van der Waals surface area (Å²) in [5, 5.41) is 2.73. The maximum atomic E-state index is 12.0. The summed E-state index contributed by atoms with van der Waals surface area (Å²) in [7, 11) is 0. The number of carbonyl (C=O) groups excluding carboxylic acids is 2. The third kappa shape index (κ3) is 3.81. The molecule has 0 aliphatic carbocycles. The van der Waals surface area contributed by atoms with Gasteiger partial charge in [0.25, 0.3) is 0 Å². The molecule has 0 saturated carbocycles. The molecule has 20 heavy (non-hydrogen) atoms. The molecule has 0 radical (unpaired) electrons. The molecule has 1 aromatic carbocycles. The second-order valence-corrected chi connectivity index (χ2v) is 5.22. The number of amides is 2. The first-order chi connectivity index (χ1) is 9.56. The monoisotopic (exact) mass is 276 g/mol. The molecule has 1 saturated heterocycles. The predicted octanol–water partition coefficient (Wildman–Crippen LogP) is 0.544. The molecule has 5 nitrogen and oxygen atoms in total. The largest absolute Gasteiger partial charge is 0.381 e. The Kier molecular flexibility index (Phi) is 4.74. The standard InChI is InChI=1S/C15H20N2O3/c1-10-3-2-4-11(7-10)8-13(14(16)18)17-15(19)12-5-6-20-9-12/h2-4,7,12-13H,5-6,8-9H2,1H3,(H2,16,18)(H,17,19)/t12-,13+/m1/s1. The Morgan fingerprint density at radius 2 is 2.30 bits per heavy atom. The number of nitrogens with two attached hydrogens (primary N) is 1. The van der Waals surface area contributed by atoms with Crippen LogP contribution < -0.4 is 11.1 Å². The predicted molar refractivity (Wildman–Crippen MR) is 74.9 cm³/mol. The normalized spacial score (nSPS) is 19.6. The summed E-state index contributed by atoms with van der Waals surface area (Å²) in [5.74, 6) is -0.841. The van der Waals surface area contributed by atoms with Crippen LogP contribution in [0.25, 0.3) is 0 Å². The van der Waals surface area contributed by atoms with E-state index in [9.17, 15) is 9.59 Å². The first-order valence-electron chi connectivity index (χ1n) is 6.79. The van der Waals surface area contributed by atoms with Crippen LogP contribution in [0.1, 0.15) is 17.5 Å². The van der Waals surface area contributed by atoms with E-state index in [0.29, 0.717) is 26.1 Å². The first-order valence-corrected chi connectivity index (χ1v) is 6.79. The van der Waals surface area contributed by atoms with E-state index >= 15 is 0 Å². The van der Waals surface area contributed by atoms with Gasteiger partial charge >= 0.3 is 0 Å². The molecule has 0 bridgehead atoms. The molecule has 1 aromatic rings. The second kappa shape index (κ2) is 6.52. The summed E-state index contributed by atoms with van der Waals surface area (Å²) < 4.78 is 5.18. The highest BCUT2D eigenvalue weighted by molar-refractivity contribution is 5.87. The molecule has 2 amide bonds. The van der Waals surface area contributed by atoms with Gasteiger partial charge in [-0.15, -0.1) is 0 Å².